The summed E-state index contributed by atoms with van der Waals surface area (Å²) in [6, 6.07) is 13.9. The first-order valence-electron chi connectivity index (χ1n) is 8.97. The molecule has 0 N–H and O–H groups in total. The highest BCUT2D eigenvalue weighted by atomic mass is 16.6. The molecule has 3 heterocycles. The monoisotopic (exact) mass is 349 g/mol. The van der Waals surface area contributed by atoms with Crippen LogP contribution in [0.3, 0.4) is 0 Å². The van der Waals surface area contributed by atoms with E-state index in [0.29, 0.717) is 13.2 Å². The van der Waals surface area contributed by atoms with Crippen molar-refractivity contribution >= 4 is 28.3 Å². The number of esters is 1. The van der Waals surface area contributed by atoms with Crippen molar-refractivity contribution in [2.24, 2.45) is 11.8 Å². The molecule has 2 bridgehead atoms. The first-order chi connectivity index (χ1) is 12.6. The SMILES string of the molecule is CCOC(=O)[C@H]1[C@H]2C(=O)N(c3cccc4ccccc34)C[C@@]23C=C[C@H]1O3. The van der Waals surface area contributed by atoms with Gasteiger partial charge in [-0.2, -0.15) is 0 Å². The summed E-state index contributed by atoms with van der Waals surface area (Å²) in [6.45, 7) is 2.50. The lowest BCUT2D eigenvalue weighted by Gasteiger charge is -2.22. The molecule has 4 atom stereocenters. The van der Waals surface area contributed by atoms with Crippen LogP contribution in [-0.2, 0) is 19.1 Å². The topological polar surface area (TPSA) is 55.8 Å². The summed E-state index contributed by atoms with van der Waals surface area (Å²) in [5.74, 6) is -1.49. The van der Waals surface area contributed by atoms with Crippen molar-refractivity contribution < 1.29 is 19.1 Å². The van der Waals surface area contributed by atoms with Crippen LogP contribution in [0.25, 0.3) is 10.8 Å². The lowest BCUT2D eigenvalue weighted by Crippen LogP contribution is -2.40. The average molecular weight is 349 g/mol. The molecule has 5 rings (SSSR count). The van der Waals surface area contributed by atoms with E-state index >= 15 is 0 Å². The van der Waals surface area contributed by atoms with Gasteiger partial charge in [0.25, 0.3) is 0 Å². The Kier molecular flexibility index (Phi) is 3.25. The Morgan fingerprint density at radius 1 is 1.27 bits per heavy atom. The zero-order chi connectivity index (χ0) is 17.9. The number of nitrogens with zero attached hydrogens (tertiary/aromatic N) is 1. The van der Waals surface area contributed by atoms with E-state index in [1.54, 1.807) is 11.8 Å². The Hall–Kier alpha value is -2.66. The van der Waals surface area contributed by atoms with E-state index in [9.17, 15) is 9.59 Å². The Labute approximate surface area is 151 Å². The van der Waals surface area contributed by atoms with Crippen molar-refractivity contribution in [1.29, 1.82) is 0 Å². The van der Waals surface area contributed by atoms with Crippen LogP contribution in [0.1, 0.15) is 6.92 Å². The predicted molar refractivity (Wildman–Crippen MR) is 96.7 cm³/mol. The van der Waals surface area contributed by atoms with E-state index in [1.807, 2.05) is 54.6 Å². The third-order valence-electron chi connectivity index (χ3n) is 5.72. The van der Waals surface area contributed by atoms with Crippen LogP contribution in [0.5, 0.6) is 0 Å². The van der Waals surface area contributed by atoms with Gasteiger partial charge in [-0.05, 0) is 18.4 Å². The van der Waals surface area contributed by atoms with Gasteiger partial charge < -0.3 is 14.4 Å². The second-order valence-electron chi connectivity index (χ2n) is 7.07. The van der Waals surface area contributed by atoms with Crippen molar-refractivity contribution in [3.63, 3.8) is 0 Å². The minimum atomic E-state index is -0.726. The summed E-state index contributed by atoms with van der Waals surface area (Å²) >= 11 is 0. The molecule has 3 aliphatic rings. The summed E-state index contributed by atoms with van der Waals surface area (Å²) in [5.41, 5.74) is 0.135. The summed E-state index contributed by atoms with van der Waals surface area (Å²) < 4.78 is 11.3. The smallest absolute Gasteiger partial charge is 0.312 e. The molecule has 0 saturated carbocycles. The maximum atomic E-state index is 13.3. The van der Waals surface area contributed by atoms with Gasteiger partial charge in [0, 0.05) is 5.39 Å². The highest BCUT2D eigenvalue weighted by Gasteiger charge is 2.67. The van der Waals surface area contributed by atoms with Gasteiger partial charge in [0.05, 0.1) is 30.9 Å². The molecule has 0 aliphatic carbocycles. The molecule has 2 aromatic rings. The first-order valence-corrected chi connectivity index (χ1v) is 8.97. The van der Waals surface area contributed by atoms with Gasteiger partial charge in [-0.1, -0.05) is 48.6 Å². The molecule has 5 heteroatoms. The van der Waals surface area contributed by atoms with Gasteiger partial charge in [0.1, 0.15) is 11.5 Å². The molecular weight excluding hydrogens is 330 g/mol. The first kappa shape index (κ1) is 15.6. The maximum Gasteiger partial charge on any atom is 0.312 e. The maximum absolute atomic E-state index is 13.3. The van der Waals surface area contributed by atoms with Crippen molar-refractivity contribution in [1.82, 2.24) is 0 Å². The molecule has 132 valence electrons. The normalized spacial score (nSPS) is 31.7. The Bertz CT molecular complexity index is 947. The number of anilines is 1. The van der Waals surface area contributed by atoms with Gasteiger partial charge in [-0.25, -0.2) is 0 Å². The van der Waals surface area contributed by atoms with E-state index in [2.05, 4.69) is 0 Å². The standard InChI is InChI=1S/C21H19NO4/c1-2-25-20(24)17-16-10-11-21(26-16)12-22(19(23)18(17)21)15-9-5-7-13-6-3-4-8-14(13)15/h3-11,16-18H,2,12H2,1H3/t16-,17-,18+,21+/m1/s1. The quantitative estimate of drug-likeness (QED) is 0.631. The van der Waals surface area contributed by atoms with Crippen molar-refractivity contribution in [2.45, 2.75) is 18.6 Å². The largest absolute Gasteiger partial charge is 0.466 e. The fourth-order valence-electron chi connectivity index (χ4n) is 4.65. The van der Waals surface area contributed by atoms with Gasteiger partial charge in [-0.15, -0.1) is 0 Å². The Morgan fingerprint density at radius 2 is 2.08 bits per heavy atom. The molecule has 0 unspecified atom stereocenters. The van der Waals surface area contributed by atoms with E-state index in [-0.39, 0.29) is 18.0 Å². The van der Waals surface area contributed by atoms with E-state index in [0.717, 1.165) is 16.5 Å². The molecule has 26 heavy (non-hydrogen) atoms. The molecule has 1 amide bonds. The fraction of sp³-hybridized carbons (Fsp3) is 0.333. The molecule has 2 fully saturated rings. The van der Waals surface area contributed by atoms with Crippen LogP contribution < -0.4 is 4.90 Å². The van der Waals surface area contributed by atoms with Crippen molar-refractivity contribution in [3.05, 3.63) is 54.6 Å². The van der Waals surface area contributed by atoms with Crippen molar-refractivity contribution in [3.8, 4) is 0 Å². The number of amides is 1. The molecule has 5 nitrogen and oxygen atoms in total. The summed E-state index contributed by atoms with van der Waals surface area (Å²) in [4.78, 5) is 27.6. The van der Waals surface area contributed by atoms with E-state index < -0.39 is 17.4 Å². The molecule has 2 saturated heterocycles. The average Bonchev–Trinajstić information content (AvgIpc) is 3.30. The molecule has 0 radical (unpaired) electrons. The van der Waals surface area contributed by atoms with E-state index in [4.69, 9.17) is 9.47 Å². The molecular formula is C21H19NO4. The van der Waals surface area contributed by atoms with Gasteiger partial charge >= 0.3 is 5.97 Å². The molecule has 1 spiro atoms. The number of hydrogen-bond acceptors (Lipinski definition) is 4. The van der Waals surface area contributed by atoms with Crippen LogP contribution in [0, 0.1) is 11.8 Å². The highest BCUT2D eigenvalue weighted by molar-refractivity contribution is 6.08. The fourth-order valence-corrected chi connectivity index (χ4v) is 4.65. The number of rotatable bonds is 3. The lowest BCUT2D eigenvalue weighted by molar-refractivity contribution is -0.151. The zero-order valence-electron chi connectivity index (χ0n) is 14.4. The predicted octanol–water partition coefficient (Wildman–Crippen LogP) is 2.69. The third kappa shape index (κ3) is 1.95. The Morgan fingerprint density at radius 3 is 2.92 bits per heavy atom. The van der Waals surface area contributed by atoms with Gasteiger partial charge in [-0.3, -0.25) is 9.59 Å². The molecule has 0 aromatic heterocycles. The number of hydrogen-bond donors (Lipinski definition) is 0. The lowest BCUT2D eigenvalue weighted by atomic mass is 9.77. The van der Waals surface area contributed by atoms with Crippen molar-refractivity contribution in [2.75, 3.05) is 18.1 Å². The Balaban J connectivity index is 1.58. The third-order valence-corrected chi connectivity index (χ3v) is 5.72. The summed E-state index contributed by atoms with van der Waals surface area (Å²) in [7, 11) is 0. The number of benzene rings is 2. The minimum absolute atomic E-state index is 0.0637. The second kappa shape index (κ2) is 5.42. The number of fused-ring (bicyclic) bond motifs is 2. The van der Waals surface area contributed by atoms with Gasteiger partial charge in [0.15, 0.2) is 0 Å². The van der Waals surface area contributed by atoms with Crippen LogP contribution >= 0.6 is 0 Å². The highest BCUT2D eigenvalue weighted by Crippen LogP contribution is 2.53. The summed E-state index contributed by atoms with van der Waals surface area (Å²) in [6.07, 6.45) is 3.50. The summed E-state index contributed by atoms with van der Waals surface area (Å²) in [5, 5.41) is 2.10. The van der Waals surface area contributed by atoms with E-state index in [1.165, 1.54) is 0 Å². The molecule has 2 aromatic carbocycles. The van der Waals surface area contributed by atoms with Crippen LogP contribution in [0.2, 0.25) is 0 Å². The minimum Gasteiger partial charge on any atom is -0.466 e. The van der Waals surface area contributed by atoms with Crippen LogP contribution in [-0.4, -0.2) is 36.7 Å². The number of carbonyl (C=O) groups excluding carboxylic acids is 2. The van der Waals surface area contributed by atoms with Gasteiger partial charge in [0.2, 0.25) is 5.91 Å². The van der Waals surface area contributed by atoms with Crippen LogP contribution in [0.15, 0.2) is 54.6 Å². The zero-order valence-corrected chi connectivity index (χ0v) is 14.4. The second-order valence-corrected chi connectivity index (χ2v) is 7.07. The van der Waals surface area contributed by atoms with Crippen LogP contribution in [0.4, 0.5) is 5.69 Å². The molecule has 3 aliphatic heterocycles. The number of ether oxygens (including phenoxy) is 2. The number of carbonyl (C=O) groups is 2.